The number of aromatic nitrogens is 4. The Balaban J connectivity index is 1.55. The van der Waals surface area contributed by atoms with E-state index in [0.29, 0.717) is 41.9 Å². The Morgan fingerprint density at radius 3 is 2.69 bits per heavy atom. The van der Waals surface area contributed by atoms with Crippen LogP contribution in [-0.2, 0) is 19.3 Å². The zero-order valence-corrected chi connectivity index (χ0v) is 15.8. The largest absolute Gasteiger partial charge is 0.435 e. The number of alkyl halides is 3. The molecule has 0 bridgehead atoms. The molecule has 10 heteroatoms. The molecule has 0 spiro atoms. The van der Waals surface area contributed by atoms with Crippen LogP contribution in [0.4, 0.5) is 13.2 Å². The molecule has 1 saturated carbocycles. The molecule has 0 atom stereocenters. The number of hydrogen-bond donors (Lipinski definition) is 1. The summed E-state index contributed by atoms with van der Waals surface area (Å²) in [6.45, 7) is 3.22. The average Bonchev–Trinajstić information content (AvgIpc) is 3.21. The molecule has 0 radical (unpaired) electrons. The Kier molecular flexibility index (Phi) is 5.40. The summed E-state index contributed by atoms with van der Waals surface area (Å²) in [6, 6.07) is 1.14. The third-order valence-corrected chi connectivity index (χ3v) is 4.77. The molecule has 1 aliphatic carbocycles. The number of halogens is 4. The van der Waals surface area contributed by atoms with Crippen LogP contribution in [0.15, 0.2) is 16.7 Å². The lowest BCUT2D eigenvalue weighted by atomic mass is 10.2. The third kappa shape index (κ3) is 4.28. The number of carbonyl (C=O) groups is 1. The van der Waals surface area contributed by atoms with Crippen molar-refractivity contribution in [2.75, 3.05) is 6.54 Å². The SMILES string of the molecule is CCn1cc(Br)c(C(=O)NCCCn2nc(C(F)(F)F)cc2C2CC2)n1. The molecule has 0 unspecified atom stereocenters. The van der Waals surface area contributed by atoms with E-state index in [-0.39, 0.29) is 11.8 Å². The minimum absolute atomic E-state index is 0.169. The van der Waals surface area contributed by atoms with Crippen LogP contribution in [0.3, 0.4) is 0 Å². The summed E-state index contributed by atoms with van der Waals surface area (Å²) in [6.07, 6.45) is -0.440. The number of nitrogens with zero attached hydrogens (tertiary/aromatic N) is 4. The van der Waals surface area contributed by atoms with Gasteiger partial charge < -0.3 is 5.32 Å². The smallest absolute Gasteiger partial charge is 0.351 e. The Bertz CT molecular complexity index is 794. The lowest BCUT2D eigenvalue weighted by Crippen LogP contribution is -2.26. The molecule has 1 N–H and O–H groups in total. The fourth-order valence-corrected chi connectivity index (χ4v) is 3.18. The molecule has 1 aliphatic rings. The number of aryl methyl sites for hydroxylation is 2. The van der Waals surface area contributed by atoms with E-state index < -0.39 is 11.9 Å². The minimum atomic E-state index is -4.44. The van der Waals surface area contributed by atoms with Crippen molar-refractivity contribution in [1.29, 1.82) is 0 Å². The highest BCUT2D eigenvalue weighted by atomic mass is 79.9. The van der Waals surface area contributed by atoms with Crippen molar-refractivity contribution in [3.8, 4) is 0 Å². The number of carbonyl (C=O) groups excluding carboxylic acids is 1. The molecule has 1 fully saturated rings. The van der Waals surface area contributed by atoms with Gasteiger partial charge in [-0.25, -0.2) is 0 Å². The van der Waals surface area contributed by atoms with E-state index in [2.05, 4.69) is 31.4 Å². The maximum Gasteiger partial charge on any atom is 0.435 e. The van der Waals surface area contributed by atoms with Gasteiger partial charge in [0.15, 0.2) is 11.4 Å². The van der Waals surface area contributed by atoms with Crippen LogP contribution in [0.2, 0.25) is 0 Å². The molecule has 142 valence electrons. The zero-order valence-electron chi connectivity index (χ0n) is 14.2. The standard InChI is InChI=1S/C16H19BrF3N5O/c1-2-24-9-11(17)14(23-24)15(26)21-6-3-7-25-12(10-4-5-10)8-13(22-25)16(18,19)20/h8-10H,2-7H2,1H3,(H,21,26). The van der Waals surface area contributed by atoms with Gasteiger partial charge in [-0.1, -0.05) is 0 Å². The van der Waals surface area contributed by atoms with E-state index in [1.165, 1.54) is 4.68 Å². The van der Waals surface area contributed by atoms with Crippen molar-refractivity contribution in [1.82, 2.24) is 24.9 Å². The topological polar surface area (TPSA) is 64.7 Å². The second kappa shape index (κ2) is 7.42. The van der Waals surface area contributed by atoms with Crippen LogP contribution >= 0.6 is 15.9 Å². The molecule has 1 amide bonds. The zero-order chi connectivity index (χ0) is 18.9. The fraction of sp³-hybridized carbons (Fsp3) is 0.562. The lowest BCUT2D eigenvalue weighted by Gasteiger charge is -2.07. The van der Waals surface area contributed by atoms with Crippen molar-refractivity contribution >= 4 is 21.8 Å². The van der Waals surface area contributed by atoms with E-state index >= 15 is 0 Å². The summed E-state index contributed by atoms with van der Waals surface area (Å²) < 4.78 is 42.3. The first-order chi connectivity index (χ1) is 12.3. The van der Waals surface area contributed by atoms with Crippen LogP contribution in [0.1, 0.15) is 54.0 Å². The minimum Gasteiger partial charge on any atom is -0.351 e. The summed E-state index contributed by atoms with van der Waals surface area (Å²) in [5.74, 6) is -0.148. The highest BCUT2D eigenvalue weighted by molar-refractivity contribution is 9.10. The van der Waals surface area contributed by atoms with Gasteiger partial charge in [0.25, 0.3) is 5.91 Å². The van der Waals surface area contributed by atoms with Crippen LogP contribution in [0.25, 0.3) is 0 Å². The number of nitrogens with one attached hydrogen (secondary N) is 1. The lowest BCUT2D eigenvalue weighted by molar-refractivity contribution is -0.141. The summed E-state index contributed by atoms with van der Waals surface area (Å²) >= 11 is 3.29. The monoisotopic (exact) mass is 433 g/mol. The van der Waals surface area contributed by atoms with E-state index in [9.17, 15) is 18.0 Å². The van der Waals surface area contributed by atoms with Gasteiger partial charge in [0.05, 0.1) is 4.47 Å². The molecule has 0 aromatic carbocycles. The Morgan fingerprint density at radius 1 is 1.38 bits per heavy atom. The average molecular weight is 434 g/mol. The number of hydrogen-bond acceptors (Lipinski definition) is 3. The van der Waals surface area contributed by atoms with E-state index in [1.54, 1.807) is 10.9 Å². The van der Waals surface area contributed by atoms with Gasteiger partial charge in [0.2, 0.25) is 0 Å². The summed E-state index contributed by atoms with van der Waals surface area (Å²) in [5, 5.41) is 10.6. The van der Waals surface area contributed by atoms with E-state index in [0.717, 1.165) is 18.9 Å². The van der Waals surface area contributed by atoms with Gasteiger partial charge in [0, 0.05) is 37.4 Å². The van der Waals surface area contributed by atoms with Gasteiger partial charge in [0.1, 0.15) is 0 Å². The molecule has 2 aromatic heterocycles. The molecule has 3 rings (SSSR count). The predicted molar refractivity (Wildman–Crippen MR) is 91.8 cm³/mol. The maximum atomic E-state index is 12.9. The quantitative estimate of drug-likeness (QED) is 0.678. The normalized spacial score (nSPS) is 14.7. The van der Waals surface area contributed by atoms with E-state index in [4.69, 9.17) is 0 Å². The van der Waals surface area contributed by atoms with Crippen molar-refractivity contribution in [3.05, 3.63) is 33.8 Å². The third-order valence-electron chi connectivity index (χ3n) is 4.19. The van der Waals surface area contributed by atoms with Crippen LogP contribution in [0, 0.1) is 0 Å². The summed E-state index contributed by atoms with van der Waals surface area (Å²) in [7, 11) is 0. The first-order valence-electron chi connectivity index (χ1n) is 8.45. The molecule has 0 saturated heterocycles. The Morgan fingerprint density at radius 2 is 2.12 bits per heavy atom. The summed E-state index contributed by atoms with van der Waals surface area (Å²) in [4.78, 5) is 12.1. The highest BCUT2D eigenvalue weighted by Crippen LogP contribution is 2.42. The van der Waals surface area contributed by atoms with Crippen LogP contribution < -0.4 is 5.32 Å². The molecule has 0 aliphatic heterocycles. The van der Waals surface area contributed by atoms with Crippen molar-refractivity contribution < 1.29 is 18.0 Å². The van der Waals surface area contributed by atoms with Crippen LogP contribution in [-0.4, -0.2) is 32.0 Å². The predicted octanol–water partition coefficient (Wildman–Crippen LogP) is 3.58. The highest BCUT2D eigenvalue weighted by Gasteiger charge is 2.37. The molecular formula is C16H19BrF3N5O. The van der Waals surface area contributed by atoms with Crippen LogP contribution in [0.5, 0.6) is 0 Å². The van der Waals surface area contributed by atoms with E-state index in [1.807, 2.05) is 6.92 Å². The molecule has 6 nitrogen and oxygen atoms in total. The molecular weight excluding hydrogens is 415 g/mol. The van der Waals surface area contributed by atoms with Gasteiger partial charge in [-0.2, -0.15) is 23.4 Å². The first-order valence-corrected chi connectivity index (χ1v) is 9.25. The van der Waals surface area contributed by atoms with Gasteiger partial charge in [-0.05, 0) is 48.2 Å². The van der Waals surface area contributed by atoms with Gasteiger partial charge in [-0.15, -0.1) is 0 Å². The molecule has 26 heavy (non-hydrogen) atoms. The molecule has 2 heterocycles. The summed E-state index contributed by atoms with van der Waals surface area (Å²) in [5.41, 5.74) is 0.0783. The maximum absolute atomic E-state index is 12.9. The molecule has 2 aromatic rings. The Hall–Kier alpha value is -1.84. The van der Waals surface area contributed by atoms with Crippen molar-refractivity contribution in [2.45, 2.75) is 51.4 Å². The number of amides is 1. The van der Waals surface area contributed by atoms with Gasteiger partial charge in [-0.3, -0.25) is 14.2 Å². The second-order valence-corrected chi connectivity index (χ2v) is 7.09. The van der Waals surface area contributed by atoms with Gasteiger partial charge >= 0.3 is 6.18 Å². The van der Waals surface area contributed by atoms with Crippen molar-refractivity contribution in [2.24, 2.45) is 0 Å². The second-order valence-electron chi connectivity index (χ2n) is 6.24. The fourth-order valence-electron chi connectivity index (χ4n) is 2.68. The Labute approximate surface area is 156 Å². The number of rotatable bonds is 7. The first kappa shape index (κ1) is 18.9. The van der Waals surface area contributed by atoms with Crippen molar-refractivity contribution in [3.63, 3.8) is 0 Å².